The highest BCUT2D eigenvalue weighted by molar-refractivity contribution is 5.94. The number of aliphatic hydroxyl groups is 1. The molecule has 26 heavy (non-hydrogen) atoms. The second-order valence-corrected chi connectivity index (χ2v) is 5.46. The number of carbonyl (C=O) groups excluding carboxylic acids is 1. The molecule has 2 rings (SSSR count). The lowest BCUT2D eigenvalue weighted by Gasteiger charge is -2.34. The number of benzene rings is 2. The van der Waals surface area contributed by atoms with Crippen LogP contribution in [-0.2, 0) is 16.8 Å². The van der Waals surface area contributed by atoms with Crippen LogP contribution in [0.5, 0.6) is 0 Å². The number of nitriles is 1. The van der Waals surface area contributed by atoms with E-state index in [2.05, 4.69) is 0 Å². The number of primary amides is 1. The van der Waals surface area contributed by atoms with Crippen molar-refractivity contribution in [2.24, 2.45) is 5.73 Å². The Bertz CT molecular complexity index is 898. The maximum absolute atomic E-state index is 13.3. The predicted molar refractivity (Wildman–Crippen MR) is 77.6 cm³/mol. The lowest BCUT2D eigenvalue weighted by molar-refractivity contribution is -0.376. The van der Waals surface area contributed by atoms with Crippen molar-refractivity contribution in [3.8, 4) is 6.07 Å². The fourth-order valence-corrected chi connectivity index (χ4v) is 2.68. The van der Waals surface area contributed by atoms with Gasteiger partial charge in [0.25, 0.3) is 5.60 Å². The molecule has 0 heterocycles. The van der Waals surface area contributed by atoms with E-state index in [0.29, 0.717) is 6.07 Å². The number of hydrogen-bond donors (Lipinski definition) is 2. The minimum Gasteiger partial charge on any atom is -0.369 e. The second-order valence-electron chi connectivity index (χ2n) is 5.46. The van der Waals surface area contributed by atoms with Gasteiger partial charge in [-0.15, -0.1) is 0 Å². The largest absolute Gasteiger partial charge is 0.430 e. The molecule has 0 bridgehead atoms. The van der Waals surface area contributed by atoms with E-state index in [4.69, 9.17) is 11.0 Å². The highest BCUT2D eigenvalue weighted by Crippen LogP contribution is 2.52. The summed E-state index contributed by atoms with van der Waals surface area (Å²) in [5.74, 6) is -1.20. The molecule has 0 radical (unpaired) electrons. The normalized spacial score (nSPS) is 12.8. The number of nitrogens with zero attached hydrogens (tertiary/aromatic N) is 1. The van der Waals surface area contributed by atoms with E-state index in [1.165, 1.54) is 24.3 Å². The molecule has 2 aromatic carbocycles. The Morgan fingerprint density at radius 2 is 1.58 bits per heavy atom. The number of nitrogens with two attached hydrogens (primary N) is 1. The van der Waals surface area contributed by atoms with Crippen molar-refractivity contribution < 1.29 is 36.2 Å². The van der Waals surface area contributed by atoms with Gasteiger partial charge in [0.2, 0.25) is 5.91 Å². The van der Waals surface area contributed by atoms with Crippen LogP contribution in [0.25, 0.3) is 10.8 Å². The smallest absolute Gasteiger partial charge is 0.369 e. The minimum absolute atomic E-state index is 0.0294. The fourth-order valence-electron chi connectivity index (χ4n) is 2.68. The predicted octanol–water partition coefficient (Wildman–Crippen LogP) is 3.05. The molecule has 2 aromatic rings. The van der Waals surface area contributed by atoms with E-state index in [1.54, 1.807) is 0 Å². The minimum atomic E-state index is -6.16. The summed E-state index contributed by atoms with van der Waals surface area (Å²) in [5, 5.41) is 18.6. The molecule has 0 unspecified atom stereocenters. The van der Waals surface area contributed by atoms with E-state index < -0.39 is 47.0 Å². The molecule has 0 atom stereocenters. The Kier molecular flexibility index (Phi) is 4.64. The summed E-state index contributed by atoms with van der Waals surface area (Å²) < 4.78 is 79.6. The van der Waals surface area contributed by atoms with Crippen LogP contribution in [0.4, 0.5) is 26.3 Å². The monoisotopic (exact) mass is 376 g/mol. The number of halogens is 6. The van der Waals surface area contributed by atoms with Crippen LogP contribution in [0, 0.1) is 11.3 Å². The quantitative estimate of drug-likeness (QED) is 0.808. The van der Waals surface area contributed by atoms with Gasteiger partial charge in [-0.3, -0.25) is 4.79 Å². The Morgan fingerprint density at radius 1 is 1.08 bits per heavy atom. The SMILES string of the molecule is N#Cc1cc(C(O)(C(F)(F)F)C(F)(F)F)c(CC(N)=O)c2ccccc12. The Balaban J connectivity index is 3.06. The van der Waals surface area contributed by atoms with Gasteiger partial charge in [-0.1, -0.05) is 24.3 Å². The topological polar surface area (TPSA) is 87.1 Å². The highest BCUT2D eigenvalue weighted by Gasteiger charge is 2.72. The van der Waals surface area contributed by atoms with Crippen LogP contribution >= 0.6 is 0 Å². The summed E-state index contributed by atoms with van der Waals surface area (Å²) in [6.45, 7) is 0. The van der Waals surface area contributed by atoms with E-state index in [-0.39, 0.29) is 10.8 Å². The highest BCUT2D eigenvalue weighted by atomic mass is 19.4. The summed E-state index contributed by atoms with van der Waals surface area (Å²) >= 11 is 0. The van der Waals surface area contributed by atoms with Crippen molar-refractivity contribution >= 4 is 16.7 Å². The molecular weight excluding hydrogens is 366 g/mol. The van der Waals surface area contributed by atoms with Gasteiger partial charge >= 0.3 is 12.4 Å². The Morgan fingerprint density at radius 3 is 2.00 bits per heavy atom. The summed E-state index contributed by atoms with van der Waals surface area (Å²) in [6, 6.07) is 6.95. The fraction of sp³-hybridized carbons (Fsp3) is 0.250. The molecule has 10 heteroatoms. The average Bonchev–Trinajstić information content (AvgIpc) is 2.51. The Labute approximate surface area is 142 Å². The van der Waals surface area contributed by atoms with Crippen LogP contribution < -0.4 is 5.73 Å². The maximum atomic E-state index is 13.3. The maximum Gasteiger partial charge on any atom is 0.430 e. The molecule has 0 aliphatic heterocycles. The lowest BCUT2D eigenvalue weighted by atomic mass is 9.82. The summed E-state index contributed by atoms with van der Waals surface area (Å²) in [4.78, 5) is 11.3. The number of carbonyl (C=O) groups is 1. The molecule has 0 aliphatic carbocycles. The van der Waals surface area contributed by atoms with Crippen molar-refractivity contribution in [1.29, 1.82) is 5.26 Å². The average molecular weight is 376 g/mol. The molecule has 0 aliphatic rings. The summed E-state index contributed by atoms with van der Waals surface area (Å²) in [5.41, 5.74) is -3.22. The van der Waals surface area contributed by atoms with Crippen LogP contribution in [0.2, 0.25) is 0 Å². The van der Waals surface area contributed by atoms with Crippen molar-refractivity contribution in [1.82, 2.24) is 0 Å². The van der Waals surface area contributed by atoms with Crippen molar-refractivity contribution in [2.75, 3.05) is 0 Å². The van der Waals surface area contributed by atoms with Crippen LogP contribution in [-0.4, -0.2) is 23.4 Å². The first-order valence-corrected chi connectivity index (χ1v) is 6.94. The molecule has 0 fully saturated rings. The van der Waals surface area contributed by atoms with Gasteiger partial charge in [0.15, 0.2) is 0 Å². The van der Waals surface area contributed by atoms with Crippen LogP contribution in [0.1, 0.15) is 16.7 Å². The first-order chi connectivity index (χ1) is 11.8. The van der Waals surface area contributed by atoms with E-state index >= 15 is 0 Å². The van der Waals surface area contributed by atoms with Gasteiger partial charge in [0, 0.05) is 5.56 Å². The number of fused-ring (bicyclic) bond motifs is 1. The van der Waals surface area contributed by atoms with Gasteiger partial charge in [-0.2, -0.15) is 31.6 Å². The van der Waals surface area contributed by atoms with Gasteiger partial charge in [0.05, 0.1) is 18.1 Å². The van der Waals surface area contributed by atoms with Gasteiger partial charge < -0.3 is 10.8 Å². The molecule has 4 nitrogen and oxygen atoms in total. The second kappa shape index (κ2) is 6.17. The van der Waals surface area contributed by atoms with Crippen molar-refractivity contribution in [3.63, 3.8) is 0 Å². The van der Waals surface area contributed by atoms with E-state index in [1.807, 2.05) is 0 Å². The first kappa shape index (κ1) is 19.5. The molecule has 0 saturated heterocycles. The van der Waals surface area contributed by atoms with E-state index in [0.717, 1.165) is 6.07 Å². The molecule has 1 amide bonds. The third kappa shape index (κ3) is 2.94. The van der Waals surface area contributed by atoms with Crippen LogP contribution in [0.3, 0.4) is 0 Å². The van der Waals surface area contributed by atoms with Gasteiger partial charge in [-0.25, -0.2) is 0 Å². The number of hydrogen-bond acceptors (Lipinski definition) is 3. The number of amides is 1. The van der Waals surface area contributed by atoms with E-state index in [9.17, 15) is 36.2 Å². The van der Waals surface area contributed by atoms with Crippen LogP contribution in [0.15, 0.2) is 30.3 Å². The zero-order valence-corrected chi connectivity index (χ0v) is 12.7. The van der Waals surface area contributed by atoms with Gasteiger partial charge in [0.1, 0.15) is 0 Å². The van der Waals surface area contributed by atoms with Gasteiger partial charge in [-0.05, 0) is 22.4 Å². The molecular formula is C16H10F6N2O2. The third-order valence-electron chi connectivity index (χ3n) is 3.84. The molecule has 0 spiro atoms. The molecule has 3 N–H and O–H groups in total. The Hall–Kier alpha value is -2.80. The zero-order valence-electron chi connectivity index (χ0n) is 12.7. The number of alkyl halides is 6. The summed E-state index contributed by atoms with van der Waals surface area (Å²) in [6.07, 6.45) is -13.3. The standard InChI is InChI=1S/C16H10F6N2O2/c17-15(18,19)14(26,16(20,21)22)12-5-8(7-23)9-3-1-2-4-10(9)11(12)6-13(24)25/h1-5,26H,6H2,(H2,24,25). The molecule has 0 saturated carbocycles. The first-order valence-electron chi connectivity index (χ1n) is 6.94. The van der Waals surface area contributed by atoms with Crippen molar-refractivity contribution in [2.45, 2.75) is 24.4 Å². The third-order valence-corrected chi connectivity index (χ3v) is 3.84. The lowest BCUT2D eigenvalue weighted by Crippen LogP contribution is -2.54. The molecule has 138 valence electrons. The zero-order chi connectivity index (χ0) is 19.9. The molecule has 0 aromatic heterocycles. The summed E-state index contributed by atoms with van der Waals surface area (Å²) in [7, 11) is 0. The van der Waals surface area contributed by atoms with Crippen molar-refractivity contribution in [3.05, 3.63) is 47.0 Å². The number of rotatable bonds is 3.